The summed E-state index contributed by atoms with van der Waals surface area (Å²) in [5.41, 5.74) is 0.546. The summed E-state index contributed by atoms with van der Waals surface area (Å²) < 4.78 is 12.6. The lowest BCUT2D eigenvalue weighted by molar-refractivity contribution is 0.158. The molecule has 1 atom stereocenters. The number of aliphatic hydroxyl groups excluding tert-OH is 1. The van der Waals surface area contributed by atoms with E-state index >= 15 is 0 Å². The number of allylic oxidation sites excluding steroid dienone is 1. The van der Waals surface area contributed by atoms with Crippen molar-refractivity contribution in [2.24, 2.45) is 0 Å². The summed E-state index contributed by atoms with van der Waals surface area (Å²) >= 11 is 0. The van der Waals surface area contributed by atoms with Gasteiger partial charge in [0.1, 0.15) is 5.82 Å². The highest BCUT2D eigenvalue weighted by atomic mass is 19.1. The Hall–Kier alpha value is -1.22. The Morgan fingerprint density at radius 1 is 1.38 bits per heavy atom. The van der Waals surface area contributed by atoms with Crippen LogP contribution in [-0.2, 0) is 0 Å². The van der Waals surface area contributed by atoms with Crippen LogP contribution in [0.5, 0.6) is 0 Å². The molecule has 1 N–H and O–H groups in total. The van der Waals surface area contributed by atoms with Crippen molar-refractivity contribution < 1.29 is 9.50 Å². The first-order valence-corrected chi connectivity index (χ1v) is 5.64. The standard InChI is InChI=1S/C13H18FNO/c1-2-3-4-5-6-7-13(16)12-9-8-11(14)10-15-12/h2,8-10,13,16H,1,3-7H2. The molecular weight excluding hydrogens is 205 g/mol. The van der Waals surface area contributed by atoms with Crippen molar-refractivity contribution >= 4 is 0 Å². The van der Waals surface area contributed by atoms with E-state index in [9.17, 15) is 9.50 Å². The summed E-state index contributed by atoms with van der Waals surface area (Å²) in [4.78, 5) is 3.85. The molecule has 0 bridgehead atoms. The third-order valence-electron chi connectivity index (χ3n) is 2.48. The molecule has 0 aromatic carbocycles. The van der Waals surface area contributed by atoms with E-state index in [-0.39, 0.29) is 5.82 Å². The fraction of sp³-hybridized carbons (Fsp3) is 0.462. The first-order chi connectivity index (χ1) is 7.74. The number of aromatic nitrogens is 1. The third kappa shape index (κ3) is 4.53. The van der Waals surface area contributed by atoms with Crippen LogP contribution in [0.2, 0.25) is 0 Å². The minimum absolute atomic E-state index is 0.373. The molecule has 0 aliphatic heterocycles. The topological polar surface area (TPSA) is 33.1 Å². The van der Waals surface area contributed by atoms with Crippen LogP contribution in [0.4, 0.5) is 4.39 Å². The number of nitrogens with zero attached hydrogens (tertiary/aromatic N) is 1. The lowest BCUT2D eigenvalue weighted by atomic mass is 10.1. The third-order valence-corrected chi connectivity index (χ3v) is 2.48. The highest BCUT2D eigenvalue weighted by Gasteiger charge is 2.08. The van der Waals surface area contributed by atoms with Crippen molar-refractivity contribution in [1.82, 2.24) is 4.98 Å². The van der Waals surface area contributed by atoms with Crippen LogP contribution in [0.25, 0.3) is 0 Å². The van der Waals surface area contributed by atoms with Crippen molar-refractivity contribution in [1.29, 1.82) is 0 Å². The Balaban J connectivity index is 2.26. The van der Waals surface area contributed by atoms with Crippen LogP contribution in [0.1, 0.15) is 43.9 Å². The molecule has 1 aromatic rings. The maximum absolute atomic E-state index is 12.6. The average Bonchev–Trinajstić information content (AvgIpc) is 2.29. The van der Waals surface area contributed by atoms with Gasteiger partial charge in [-0.05, 0) is 31.4 Å². The van der Waals surface area contributed by atoms with Gasteiger partial charge in [0.2, 0.25) is 0 Å². The Bertz CT molecular complexity index is 310. The lowest BCUT2D eigenvalue weighted by Gasteiger charge is -2.09. The second-order valence-electron chi connectivity index (χ2n) is 3.84. The molecule has 0 fully saturated rings. The summed E-state index contributed by atoms with van der Waals surface area (Å²) in [7, 11) is 0. The van der Waals surface area contributed by atoms with Gasteiger partial charge in [0.15, 0.2) is 0 Å². The smallest absolute Gasteiger partial charge is 0.141 e. The summed E-state index contributed by atoms with van der Waals surface area (Å²) in [6.45, 7) is 3.65. The second-order valence-corrected chi connectivity index (χ2v) is 3.84. The SMILES string of the molecule is C=CCCCCCC(O)c1ccc(F)cn1. The molecular formula is C13H18FNO. The van der Waals surface area contributed by atoms with Crippen LogP contribution in [0.15, 0.2) is 31.0 Å². The minimum Gasteiger partial charge on any atom is -0.387 e. The molecule has 0 amide bonds. The summed E-state index contributed by atoms with van der Waals surface area (Å²) in [5, 5.41) is 9.76. The Morgan fingerprint density at radius 2 is 2.19 bits per heavy atom. The largest absolute Gasteiger partial charge is 0.387 e. The summed E-state index contributed by atoms with van der Waals surface area (Å²) in [6.07, 6.45) is 7.28. The molecule has 88 valence electrons. The van der Waals surface area contributed by atoms with Crippen molar-refractivity contribution in [2.75, 3.05) is 0 Å². The van der Waals surface area contributed by atoms with Gasteiger partial charge in [-0.3, -0.25) is 4.98 Å². The van der Waals surface area contributed by atoms with Gasteiger partial charge in [-0.1, -0.05) is 18.9 Å². The normalized spacial score (nSPS) is 12.4. The Morgan fingerprint density at radius 3 is 2.81 bits per heavy atom. The highest BCUT2D eigenvalue weighted by molar-refractivity contribution is 5.07. The maximum Gasteiger partial charge on any atom is 0.141 e. The van der Waals surface area contributed by atoms with Gasteiger partial charge in [0.25, 0.3) is 0 Å². The van der Waals surface area contributed by atoms with E-state index in [0.717, 1.165) is 31.9 Å². The zero-order chi connectivity index (χ0) is 11.8. The summed E-state index contributed by atoms with van der Waals surface area (Å²) in [5.74, 6) is -0.373. The van der Waals surface area contributed by atoms with E-state index in [1.165, 1.54) is 12.1 Å². The van der Waals surface area contributed by atoms with E-state index in [0.29, 0.717) is 12.1 Å². The van der Waals surface area contributed by atoms with Gasteiger partial charge >= 0.3 is 0 Å². The fourth-order valence-corrected chi connectivity index (χ4v) is 1.54. The van der Waals surface area contributed by atoms with E-state index in [2.05, 4.69) is 11.6 Å². The zero-order valence-corrected chi connectivity index (χ0v) is 9.40. The monoisotopic (exact) mass is 223 g/mol. The molecule has 1 aromatic heterocycles. The van der Waals surface area contributed by atoms with Gasteiger partial charge in [0, 0.05) is 0 Å². The quantitative estimate of drug-likeness (QED) is 0.567. The molecule has 1 heterocycles. The van der Waals surface area contributed by atoms with Crippen molar-refractivity contribution in [2.45, 2.75) is 38.2 Å². The minimum atomic E-state index is -0.579. The average molecular weight is 223 g/mol. The van der Waals surface area contributed by atoms with E-state index in [1.807, 2.05) is 6.08 Å². The van der Waals surface area contributed by atoms with Crippen LogP contribution in [-0.4, -0.2) is 10.1 Å². The number of hydrogen-bond donors (Lipinski definition) is 1. The van der Waals surface area contributed by atoms with E-state index in [4.69, 9.17) is 0 Å². The fourth-order valence-electron chi connectivity index (χ4n) is 1.54. The Kier molecular flexibility index (Phi) is 5.72. The van der Waals surface area contributed by atoms with Crippen LogP contribution in [0, 0.1) is 5.82 Å². The van der Waals surface area contributed by atoms with Gasteiger partial charge in [-0.2, -0.15) is 0 Å². The van der Waals surface area contributed by atoms with Gasteiger partial charge < -0.3 is 5.11 Å². The number of hydrogen-bond acceptors (Lipinski definition) is 2. The zero-order valence-electron chi connectivity index (χ0n) is 9.40. The second kappa shape index (κ2) is 7.12. The van der Waals surface area contributed by atoms with Crippen LogP contribution in [0.3, 0.4) is 0 Å². The first kappa shape index (κ1) is 12.8. The molecule has 0 saturated carbocycles. The first-order valence-electron chi connectivity index (χ1n) is 5.64. The number of aliphatic hydroxyl groups is 1. The van der Waals surface area contributed by atoms with Crippen LogP contribution < -0.4 is 0 Å². The van der Waals surface area contributed by atoms with Gasteiger partial charge in [0.05, 0.1) is 18.0 Å². The van der Waals surface area contributed by atoms with Gasteiger partial charge in [-0.25, -0.2) is 4.39 Å². The predicted molar refractivity (Wildman–Crippen MR) is 62.4 cm³/mol. The van der Waals surface area contributed by atoms with Crippen molar-refractivity contribution in [3.05, 3.63) is 42.5 Å². The van der Waals surface area contributed by atoms with Crippen LogP contribution >= 0.6 is 0 Å². The molecule has 0 radical (unpaired) electrons. The number of pyridine rings is 1. The van der Waals surface area contributed by atoms with E-state index in [1.54, 1.807) is 0 Å². The van der Waals surface area contributed by atoms with E-state index < -0.39 is 6.10 Å². The summed E-state index contributed by atoms with van der Waals surface area (Å²) in [6, 6.07) is 2.85. The number of rotatable bonds is 7. The molecule has 0 aliphatic carbocycles. The molecule has 2 nitrogen and oxygen atoms in total. The molecule has 0 saturated heterocycles. The molecule has 1 rings (SSSR count). The molecule has 1 unspecified atom stereocenters. The maximum atomic E-state index is 12.6. The predicted octanol–water partition coefficient (Wildman–Crippen LogP) is 3.39. The highest BCUT2D eigenvalue weighted by Crippen LogP contribution is 2.18. The molecule has 16 heavy (non-hydrogen) atoms. The molecule has 3 heteroatoms. The van der Waals surface area contributed by atoms with Crippen molar-refractivity contribution in [3.8, 4) is 0 Å². The van der Waals surface area contributed by atoms with Crippen molar-refractivity contribution in [3.63, 3.8) is 0 Å². The molecule has 0 aliphatic rings. The van der Waals surface area contributed by atoms with Gasteiger partial charge in [-0.15, -0.1) is 6.58 Å². The Labute approximate surface area is 95.8 Å². The lowest BCUT2D eigenvalue weighted by Crippen LogP contribution is -2.00. The number of halogens is 1. The molecule has 0 spiro atoms. The number of unbranched alkanes of at least 4 members (excludes halogenated alkanes) is 3.